The quantitative estimate of drug-likeness (QED) is 0.223. The van der Waals surface area contributed by atoms with E-state index in [1.54, 1.807) is 4.91 Å². The van der Waals surface area contributed by atoms with Gasteiger partial charge in [0.1, 0.15) is 0 Å². The molecular weight excluding hydrogens is 307 g/mol. The Morgan fingerprint density at radius 1 is 0.792 bits per heavy atom. The number of unbranched alkanes of at least 4 members (excludes halogenated alkanes) is 2. The van der Waals surface area contributed by atoms with E-state index in [1.807, 2.05) is 5.47 Å². The topological polar surface area (TPSA) is 0 Å². The second-order valence-corrected chi connectivity index (χ2v) is 8.98. The van der Waals surface area contributed by atoms with Crippen LogP contribution in [0.15, 0.2) is 10.4 Å². The number of allylic oxidation sites excluding steroid dienone is 2. The van der Waals surface area contributed by atoms with Crippen LogP contribution in [0.25, 0.3) is 0 Å². The predicted octanol–water partition coefficient (Wildman–Crippen LogP) is 8.64. The summed E-state index contributed by atoms with van der Waals surface area (Å²) < 4.78 is 0. The first-order chi connectivity index (χ1) is 11.5. The van der Waals surface area contributed by atoms with Crippen molar-refractivity contribution in [3.05, 3.63) is 10.4 Å². The van der Waals surface area contributed by atoms with Crippen molar-refractivity contribution in [2.24, 2.45) is 5.92 Å². The molecule has 0 rings (SSSR count). The minimum absolute atomic E-state index is 0.735. The zero-order chi connectivity index (χ0) is 18.5. The molecule has 0 aromatic heterocycles. The van der Waals surface area contributed by atoms with Crippen LogP contribution in [0.3, 0.4) is 0 Å². The number of hydrogen-bond donors (Lipinski definition) is 0. The van der Waals surface area contributed by atoms with Crippen LogP contribution in [-0.4, -0.2) is 12.5 Å². The Morgan fingerprint density at radius 2 is 1.33 bits per heavy atom. The summed E-state index contributed by atoms with van der Waals surface area (Å²) in [4.78, 5) is 1.77. The van der Waals surface area contributed by atoms with E-state index in [2.05, 4.69) is 67.2 Å². The summed E-state index contributed by atoms with van der Waals surface area (Å²) in [6.07, 6.45) is 10.5. The first-order valence-electron chi connectivity index (χ1n) is 10.8. The summed E-state index contributed by atoms with van der Waals surface area (Å²) in [5, 5.41) is 0. The van der Waals surface area contributed by atoms with Crippen molar-refractivity contribution in [2.75, 3.05) is 5.75 Å². The molecule has 0 amide bonds. The maximum absolute atomic E-state index is 2.49. The van der Waals surface area contributed by atoms with Crippen LogP contribution in [-0.2, 0) is 0 Å². The fourth-order valence-electron chi connectivity index (χ4n) is 3.67. The summed E-state index contributed by atoms with van der Waals surface area (Å²) >= 11 is 2.20. The van der Waals surface area contributed by atoms with E-state index < -0.39 is 0 Å². The Labute approximate surface area is 159 Å². The number of thioether (sulfide) groups is 1. The second kappa shape index (κ2) is 14.3. The van der Waals surface area contributed by atoms with Gasteiger partial charge in [0.15, 0.2) is 6.71 Å². The molecule has 0 aliphatic rings. The molecular formula is C22H45BS. The number of hydrogen-bond acceptors (Lipinski definition) is 1. The van der Waals surface area contributed by atoms with E-state index >= 15 is 0 Å². The Kier molecular flexibility index (Phi) is 14.4. The largest absolute Gasteiger partial charge is 0.177 e. The highest BCUT2D eigenvalue weighted by Gasteiger charge is 2.33. The average Bonchev–Trinajstić information content (AvgIpc) is 2.61. The molecule has 0 bridgehead atoms. The van der Waals surface area contributed by atoms with Crippen LogP contribution in [0.2, 0.25) is 11.6 Å². The highest BCUT2D eigenvalue weighted by molar-refractivity contribution is 8.03. The molecule has 0 heterocycles. The first-order valence-corrected chi connectivity index (χ1v) is 11.8. The normalized spacial score (nSPS) is 16.5. The van der Waals surface area contributed by atoms with Crippen molar-refractivity contribution in [2.45, 2.75) is 118 Å². The van der Waals surface area contributed by atoms with Gasteiger partial charge in [-0.05, 0) is 35.8 Å². The van der Waals surface area contributed by atoms with Crippen LogP contribution in [0, 0.1) is 5.92 Å². The van der Waals surface area contributed by atoms with Crippen LogP contribution in [0.1, 0.15) is 107 Å². The summed E-state index contributed by atoms with van der Waals surface area (Å²) in [7, 11) is 0. The molecule has 0 nitrogen and oxygen atoms in total. The lowest BCUT2D eigenvalue weighted by atomic mass is 9.28. The standard InChI is InChI=1S/C22H45BS/c1-9-14-16-21(24-17-15-10-2)22(18(6)11-3)23(19(7)12-4)20(8)13-5/h18-20H,9-17H2,1-8H3/b22-21-. The minimum Gasteiger partial charge on any atom is -0.131 e. The Balaban J connectivity index is 5.85. The fraction of sp³-hybridized carbons (Fsp3) is 0.909. The summed E-state index contributed by atoms with van der Waals surface area (Å²) in [5.74, 6) is 3.64. The molecule has 0 aromatic carbocycles. The van der Waals surface area contributed by atoms with E-state index in [0.717, 1.165) is 24.3 Å². The van der Waals surface area contributed by atoms with Gasteiger partial charge in [-0.1, -0.05) is 105 Å². The molecule has 3 unspecified atom stereocenters. The van der Waals surface area contributed by atoms with Gasteiger partial charge in [-0.15, -0.1) is 11.8 Å². The lowest BCUT2D eigenvalue weighted by Crippen LogP contribution is -2.31. The molecule has 3 atom stereocenters. The van der Waals surface area contributed by atoms with Crippen molar-refractivity contribution in [1.29, 1.82) is 0 Å². The Morgan fingerprint density at radius 3 is 1.75 bits per heavy atom. The van der Waals surface area contributed by atoms with Gasteiger partial charge in [0, 0.05) is 0 Å². The van der Waals surface area contributed by atoms with E-state index in [0.29, 0.717) is 0 Å². The molecule has 0 radical (unpaired) electrons. The molecule has 0 spiro atoms. The van der Waals surface area contributed by atoms with Crippen LogP contribution < -0.4 is 0 Å². The van der Waals surface area contributed by atoms with Gasteiger partial charge in [-0.2, -0.15) is 0 Å². The van der Waals surface area contributed by atoms with Crippen LogP contribution in [0.4, 0.5) is 0 Å². The van der Waals surface area contributed by atoms with Gasteiger partial charge in [0.2, 0.25) is 0 Å². The third-order valence-electron chi connectivity index (χ3n) is 5.87. The summed E-state index contributed by atoms with van der Waals surface area (Å²) in [5.41, 5.74) is 1.84. The molecule has 0 saturated heterocycles. The maximum Gasteiger partial charge on any atom is 0.177 e. The van der Waals surface area contributed by atoms with Crippen molar-refractivity contribution in [3.8, 4) is 0 Å². The molecule has 0 N–H and O–H groups in total. The zero-order valence-electron chi connectivity index (χ0n) is 18.1. The van der Waals surface area contributed by atoms with Crippen molar-refractivity contribution < 1.29 is 0 Å². The van der Waals surface area contributed by atoms with Gasteiger partial charge in [-0.25, -0.2) is 0 Å². The lowest BCUT2D eigenvalue weighted by molar-refractivity contribution is 0.656. The Bertz CT molecular complexity index is 327. The van der Waals surface area contributed by atoms with Gasteiger partial charge >= 0.3 is 0 Å². The summed E-state index contributed by atoms with van der Waals surface area (Å²) in [6.45, 7) is 20.0. The van der Waals surface area contributed by atoms with E-state index in [9.17, 15) is 0 Å². The molecule has 24 heavy (non-hydrogen) atoms. The summed E-state index contributed by atoms with van der Waals surface area (Å²) in [6, 6.07) is 0. The van der Waals surface area contributed by atoms with E-state index in [4.69, 9.17) is 0 Å². The van der Waals surface area contributed by atoms with Crippen LogP contribution in [0.5, 0.6) is 0 Å². The SMILES string of the molecule is CCCCS/C(CCCC)=C(\B(C(C)CC)C(C)CC)C(C)CC. The maximum atomic E-state index is 2.49. The molecule has 2 heteroatoms. The fourth-order valence-corrected chi connectivity index (χ4v) is 5.14. The zero-order valence-corrected chi connectivity index (χ0v) is 18.9. The molecule has 0 fully saturated rings. The number of rotatable bonds is 14. The monoisotopic (exact) mass is 352 g/mol. The third-order valence-corrected chi connectivity index (χ3v) is 7.15. The molecule has 0 aromatic rings. The molecule has 142 valence electrons. The first kappa shape index (κ1) is 24.2. The minimum atomic E-state index is 0.735. The molecule has 0 aliphatic carbocycles. The highest BCUT2D eigenvalue weighted by atomic mass is 32.2. The molecule has 0 aliphatic heterocycles. The van der Waals surface area contributed by atoms with Gasteiger partial charge < -0.3 is 0 Å². The van der Waals surface area contributed by atoms with Crippen molar-refractivity contribution >= 4 is 18.5 Å². The van der Waals surface area contributed by atoms with Gasteiger partial charge in [0.25, 0.3) is 0 Å². The van der Waals surface area contributed by atoms with Crippen molar-refractivity contribution in [3.63, 3.8) is 0 Å². The van der Waals surface area contributed by atoms with Gasteiger partial charge in [0.05, 0.1) is 0 Å². The lowest BCUT2D eigenvalue weighted by Gasteiger charge is -2.33. The van der Waals surface area contributed by atoms with E-state index in [-0.39, 0.29) is 0 Å². The molecule has 0 saturated carbocycles. The smallest absolute Gasteiger partial charge is 0.131 e. The van der Waals surface area contributed by atoms with Gasteiger partial charge in [-0.3, -0.25) is 0 Å². The van der Waals surface area contributed by atoms with Crippen molar-refractivity contribution in [1.82, 2.24) is 0 Å². The third kappa shape index (κ3) is 8.02. The second-order valence-electron chi connectivity index (χ2n) is 7.79. The highest BCUT2D eigenvalue weighted by Crippen LogP contribution is 2.41. The predicted molar refractivity (Wildman–Crippen MR) is 119 cm³/mol. The average molecular weight is 352 g/mol. The van der Waals surface area contributed by atoms with Crippen LogP contribution >= 0.6 is 11.8 Å². The Hall–Kier alpha value is 0.155. The van der Waals surface area contributed by atoms with E-state index in [1.165, 1.54) is 57.1 Å².